The Morgan fingerprint density at radius 3 is 2.53 bits per heavy atom. The zero-order valence-electron chi connectivity index (χ0n) is 18.7. The molecule has 0 aromatic heterocycles. The summed E-state index contributed by atoms with van der Waals surface area (Å²) in [4.78, 5) is 38.9. The van der Waals surface area contributed by atoms with E-state index in [0.717, 1.165) is 44.4 Å². The number of fused-ring (bicyclic) bond motifs is 2. The highest BCUT2D eigenvalue weighted by atomic mass is 35.5. The molecule has 0 radical (unpaired) electrons. The van der Waals surface area contributed by atoms with Crippen LogP contribution in [0.15, 0.2) is 29.3 Å². The second-order valence-electron chi connectivity index (χ2n) is 9.25. The number of halogens is 1. The maximum Gasteiger partial charge on any atom is 0.397 e. The van der Waals surface area contributed by atoms with E-state index in [-0.39, 0.29) is 11.9 Å². The van der Waals surface area contributed by atoms with Gasteiger partial charge < -0.3 is 4.90 Å². The molecule has 9 heteroatoms. The normalized spacial score (nSPS) is 26.5. The molecule has 3 amide bonds. The van der Waals surface area contributed by atoms with E-state index in [4.69, 9.17) is 16.6 Å². The number of likely N-dealkylation sites (N-methyl/N-ethyl adjacent to an activating group) is 1. The number of likely N-dealkylation sites (tertiary alicyclic amines) is 1. The third-order valence-electron chi connectivity index (χ3n) is 6.86. The Labute approximate surface area is 193 Å². The summed E-state index contributed by atoms with van der Waals surface area (Å²) in [5.41, 5.74) is 0.979. The summed E-state index contributed by atoms with van der Waals surface area (Å²) in [5, 5.41) is 0.678. The molecule has 2 saturated heterocycles. The molecule has 170 valence electrons. The average Bonchev–Trinajstić information content (AvgIpc) is 3.18. The number of hydrogen-bond acceptors (Lipinski definition) is 5. The number of urea groups is 1. The van der Waals surface area contributed by atoms with Gasteiger partial charge in [0.15, 0.2) is 0 Å². The maximum absolute atomic E-state index is 13.6. The number of rotatable bonds is 4. The van der Waals surface area contributed by atoms with E-state index >= 15 is 0 Å². The number of amidine groups is 1. The molecule has 0 aliphatic carbocycles. The van der Waals surface area contributed by atoms with Gasteiger partial charge in [0.05, 0.1) is 13.1 Å². The van der Waals surface area contributed by atoms with Crippen molar-refractivity contribution in [3.8, 4) is 0 Å². The molecule has 2 fully saturated rings. The van der Waals surface area contributed by atoms with Crippen LogP contribution in [0.5, 0.6) is 0 Å². The van der Waals surface area contributed by atoms with Crippen molar-refractivity contribution in [1.29, 1.82) is 0 Å². The fourth-order valence-electron chi connectivity index (χ4n) is 5.17. The van der Waals surface area contributed by atoms with E-state index < -0.39 is 6.04 Å². The molecule has 4 aliphatic rings. The van der Waals surface area contributed by atoms with Gasteiger partial charge in [0.25, 0.3) is 5.91 Å². The van der Waals surface area contributed by atoms with Crippen LogP contribution in [-0.4, -0.2) is 95.4 Å². The van der Waals surface area contributed by atoms with Gasteiger partial charge >= 0.3 is 12.0 Å². The molecular weight excluding hydrogens is 428 g/mol. The molecule has 0 saturated carbocycles. The Morgan fingerprint density at radius 2 is 1.81 bits per heavy atom. The third-order valence-corrected chi connectivity index (χ3v) is 7.11. The SMILES string of the molecule is CC1CN(c2ccc(Cl)cc2)C2=[N+](C1)C1C(=O)N(CCN3CCCCC3)C(=O)N(C)C1=N2. The van der Waals surface area contributed by atoms with E-state index in [1.165, 1.54) is 24.2 Å². The molecule has 0 spiro atoms. The Hall–Kier alpha value is -2.45. The number of imide groups is 1. The monoisotopic (exact) mass is 457 g/mol. The second-order valence-corrected chi connectivity index (χ2v) is 9.69. The predicted molar refractivity (Wildman–Crippen MR) is 124 cm³/mol. The largest absolute Gasteiger partial charge is 0.397 e. The summed E-state index contributed by atoms with van der Waals surface area (Å²) in [6.07, 6.45) is 3.63. The lowest BCUT2D eigenvalue weighted by Gasteiger charge is -2.36. The molecule has 2 atom stereocenters. The van der Waals surface area contributed by atoms with E-state index in [2.05, 4.69) is 21.3 Å². The van der Waals surface area contributed by atoms with Crippen molar-refractivity contribution in [2.24, 2.45) is 10.9 Å². The Balaban J connectivity index is 1.43. The standard InChI is InChI=1S/C23H30ClN6O2/c1-16-14-29(18-8-6-17(24)7-9-18)22-25-20-19(30(22)15-16)21(31)28(23(32)26(20)2)13-12-27-10-4-3-5-11-27/h6-9,16,19H,3-5,10-15H2,1-2H3/q+1. The van der Waals surface area contributed by atoms with Gasteiger partial charge in [0.2, 0.25) is 11.9 Å². The van der Waals surface area contributed by atoms with Gasteiger partial charge in [-0.15, -0.1) is 0 Å². The first-order valence-electron chi connectivity index (χ1n) is 11.5. The zero-order valence-corrected chi connectivity index (χ0v) is 19.5. The van der Waals surface area contributed by atoms with Crippen LogP contribution < -0.4 is 4.90 Å². The van der Waals surface area contributed by atoms with Crippen molar-refractivity contribution in [2.45, 2.75) is 32.2 Å². The number of hydrogen-bond donors (Lipinski definition) is 0. The highest BCUT2D eigenvalue weighted by Gasteiger charge is 2.55. The molecule has 5 rings (SSSR count). The molecule has 4 heterocycles. The molecule has 0 N–H and O–H groups in total. The minimum Gasteiger partial charge on any atom is -0.302 e. The van der Waals surface area contributed by atoms with Gasteiger partial charge in [0, 0.05) is 31.1 Å². The fraction of sp³-hybridized carbons (Fsp3) is 0.565. The van der Waals surface area contributed by atoms with Gasteiger partial charge in [-0.2, -0.15) is 0 Å². The zero-order chi connectivity index (χ0) is 22.4. The molecule has 2 unspecified atom stereocenters. The van der Waals surface area contributed by atoms with Crippen molar-refractivity contribution in [3.63, 3.8) is 0 Å². The number of carbonyl (C=O) groups is 2. The first-order valence-corrected chi connectivity index (χ1v) is 11.9. The van der Waals surface area contributed by atoms with E-state index in [9.17, 15) is 9.59 Å². The molecule has 0 bridgehead atoms. The quantitative estimate of drug-likeness (QED) is 0.651. The lowest BCUT2D eigenvalue weighted by Crippen LogP contribution is -2.64. The van der Waals surface area contributed by atoms with Gasteiger partial charge in [-0.1, -0.05) is 29.9 Å². The van der Waals surface area contributed by atoms with Crippen LogP contribution in [0.3, 0.4) is 0 Å². The number of amides is 3. The lowest BCUT2D eigenvalue weighted by molar-refractivity contribution is -0.545. The second kappa shape index (κ2) is 8.48. The van der Waals surface area contributed by atoms with Crippen LogP contribution in [0.2, 0.25) is 5.02 Å². The summed E-state index contributed by atoms with van der Waals surface area (Å²) in [7, 11) is 1.73. The summed E-state index contributed by atoms with van der Waals surface area (Å²) < 4.78 is 2.07. The summed E-state index contributed by atoms with van der Waals surface area (Å²) in [5.74, 6) is 1.43. The number of anilines is 1. The lowest BCUT2D eigenvalue weighted by atomic mass is 10.1. The van der Waals surface area contributed by atoms with Crippen LogP contribution in [0, 0.1) is 5.92 Å². The van der Waals surface area contributed by atoms with Crippen molar-refractivity contribution >= 4 is 41.0 Å². The van der Waals surface area contributed by atoms with Crippen molar-refractivity contribution in [2.75, 3.05) is 51.2 Å². The van der Waals surface area contributed by atoms with Crippen LogP contribution in [-0.2, 0) is 4.79 Å². The van der Waals surface area contributed by atoms with Gasteiger partial charge in [-0.05, 0) is 50.2 Å². The molecule has 1 aromatic carbocycles. The molecule has 1 aromatic rings. The summed E-state index contributed by atoms with van der Waals surface area (Å²) in [6, 6.07) is 6.82. The van der Waals surface area contributed by atoms with Gasteiger partial charge in [-0.25, -0.2) is 14.3 Å². The maximum atomic E-state index is 13.6. The first-order chi connectivity index (χ1) is 15.4. The number of aliphatic imine (C=N–C) groups is 1. The number of piperidine rings is 1. The number of guanidine groups is 1. The smallest absolute Gasteiger partial charge is 0.302 e. The van der Waals surface area contributed by atoms with E-state index in [1.807, 2.05) is 24.3 Å². The van der Waals surface area contributed by atoms with Gasteiger partial charge in [0.1, 0.15) is 5.69 Å². The highest BCUT2D eigenvalue weighted by Crippen LogP contribution is 2.28. The average molecular weight is 458 g/mol. The predicted octanol–water partition coefficient (Wildman–Crippen LogP) is 2.33. The van der Waals surface area contributed by atoms with Crippen LogP contribution >= 0.6 is 11.6 Å². The molecule has 8 nitrogen and oxygen atoms in total. The fourth-order valence-corrected chi connectivity index (χ4v) is 5.29. The topological polar surface area (TPSA) is 62.5 Å². The number of benzene rings is 1. The first kappa shape index (κ1) is 21.4. The van der Waals surface area contributed by atoms with E-state index in [1.54, 1.807) is 11.9 Å². The summed E-state index contributed by atoms with van der Waals surface area (Å²) in [6.45, 7) is 6.93. The van der Waals surface area contributed by atoms with E-state index in [0.29, 0.717) is 23.3 Å². The minimum atomic E-state index is -0.549. The van der Waals surface area contributed by atoms with Crippen LogP contribution in [0.1, 0.15) is 26.2 Å². The molecule has 4 aliphatic heterocycles. The minimum absolute atomic E-state index is 0.163. The van der Waals surface area contributed by atoms with Gasteiger partial charge in [-0.3, -0.25) is 14.6 Å². The Bertz CT molecular complexity index is 985. The molecule has 32 heavy (non-hydrogen) atoms. The Morgan fingerprint density at radius 1 is 1.09 bits per heavy atom. The van der Waals surface area contributed by atoms with Crippen molar-refractivity contribution in [1.82, 2.24) is 14.7 Å². The summed E-state index contributed by atoms with van der Waals surface area (Å²) >= 11 is 6.09. The third kappa shape index (κ3) is 3.69. The van der Waals surface area contributed by atoms with Crippen molar-refractivity contribution < 1.29 is 14.2 Å². The Kier molecular flexibility index (Phi) is 5.67. The number of nitrogens with zero attached hydrogens (tertiary/aromatic N) is 6. The van der Waals surface area contributed by atoms with Crippen LogP contribution in [0.25, 0.3) is 0 Å². The number of carbonyl (C=O) groups excluding carboxylic acids is 2. The van der Waals surface area contributed by atoms with Crippen molar-refractivity contribution in [3.05, 3.63) is 29.3 Å². The van der Waals surface area contributed by atoms with Crippen LogP contribution in [0.4, 0.5) is 10.5 Å². The molecular formula is C23H30ClN6O2+. The highest BCUT2D eigenvalue weighted by molar-refractivity contribution is 6.30.